The van der Waals surface area contributed by atoms with Crippen LogP contribution in [0.2, 0.25) is 0 Å². The van der Waals surface area contributed by atoms with Gasteiger partial charge in [-0.05, 0) is 31.2 Å². The summed E-state index contributed by atoms with van der Waals surface area (Å²) >= 11 is 0. The first-order valence-corrected chi connectivity index (χ1v) is 5.48. The van der Waals surface area contributed by atoms with E-state index in [2.05, 4.69) is 5.32 Å². The summed E-state index contributed by atoms with van der Waals surface area (Å²) in [7, 11) is 0. The number of hydrogen-bond acceptors (Lipinski definition) is 4. The molecule has 0 saturated carbocycles. The molecule has 0 bridgehead atoms. The highest BCUT2D eigenvalue weighted by Gasteiger charge is 2.08. The van der Waals surface area contributed by atoms with E-state index in [1.165, 1.54) is 0 Å². The monoisotopic (exact) mass is 239 g/mol. The highest BCUT2D eigenvalue weighted by Crippen LogP contribution is 2.15. The van der Waals surface area contributed by atoms with Crippen LogP contribution in [0.5, 0.6) is 5.75 Å². The van der Waals surface area contributed by atoms with Crippen molar-refractivity contribution in [1.82, 2.24) is 0 Å². The van der Waals surface area contributed by atoms with Crippen LogP contribution >= 0.6 is 0 Å². The minimum atomic E-state index is -1.01. The van der Waals surface area contributed by atoms with Crippen molar-refractivity contribution in [2.24, 2.45) is 0 Å². The molecule has 1 unspecified atom stereocenters. The van der Waals surface area contributed by atoms with E-state index in [4.69, 9.17) is 9.84 Å². The first kappa shape index (κ1) is 13.3. The molecule has 1 aromatic rings. The lowest BCUT2D eigenvalue weighted by Crippen LogP contribution is -2.22. The van der Waals surface area contributed by atoms with Gasteiger partial charge in [0.25, 0.3) is 0 Å². The second-order valence-electron chi connectivity index (χ2n) is 3.59. The van der Waals surface area contributed by atoms with Gasteiger partial charge >= 0.3 is 5.97 Å². The zero-order valence-corrected chi connectivity index (χ0v) is 9.72. The smallest absolute Gasteiger partial charge is 0.306 e. The van der Waals surface area contributed by atoms with Crippen LogP contribution in [0.15, 0.2) is 24.3 Å². The molecule has 5 nitrogen and oxygen atoms in total. The van der Waals surface area contributed by atoms with E-state index in [-0.39, 0.29) is 13.0 Å². The Kier molecular flexibility index (Phi) is 5.29. The molecule has 3 N–H and O–H groups in total. The summed E-state index contributed by atoms with van der Waals surface area (Å²) in [5.41, 5.74) is 0.817. The van der Waals surface area contributed by atoms with Gasteiger partial charge < -0.3 is 20.3 Å². The molecule has 0 aliphatic rings. The van der Waals surface area contributed by atoms with E-state index in [1.807, 2.05) is 31.2 Å². The second-order valence-corrected chi connectivity index (χ2v) is 3.59. The van der Waals surface area contributed by atoms with Gasteiger partial charge in [0.05, 0.1) is 19.1 Å². The van der Waals surface area contributed by atoms with Crippen molar-refractivity contribution in [3.05, 3.63) is 24.3 Å². The number of aliphatic hydroxyl groups excluding tert-OH is 1. The molecule has 0 aliphatic carbocycles. The Bertz CT molecular complexity index is 350. The number of benzene rings is 1. The molecule has 1 aromatic carbocycles. The Morgan fingerprint density at radius 2 is 2.06 bits per heavy atom. The van der Waals surface area contributed by atoms with E-state index in [0.29, 0.717) is 6.61 Å². The van der Waals surface area contributed by atoms with Gasteiger partial charge in [0, 0.05) is 12.2 Å². The van der Waals surface area contributed by atoms with Crippen LogP contribution in [0.25, 0.3) is 0 Å². The van der Waals surface area contributed by atoms with Crippen molar-refractivity contribution >= 4 is 11.7 Å². The van der Waals surface area contributed by atoms with Gasteiger partial charge in [0.2, 0.25) is 0 Å². The molecular formula is C12H17NO4. The van der Waals surface area contributed by atoms with Crippen LogP contribution < -0.4 is 10.1 Å². The van der Waals surface area contributed by atoms with Crippen LogP contribution in [0.3, 0.4) is 0 Å². The zero-order valence-electron chi connectivity index (χ0n) is 9.72. The van der Waals surface area contributed by atoms with Crippen LogP contribution in [0.4, 0.5) is 5.69 Å². The fraction of sp³-hybridized carbons (Fsp3) is 0.417. The Hall–Kier alpha value is -1.75. The fourth-order valence-electron chi connectivity index (χ4n) is 1.35. The SMILES string of the molecule is CCOc1ccc(NCC(O)CC(=O)O)cc1. The minimum absolute atomic E-state index is 0.209. The van der Waals surface area contributed by atoms with E-state index >= 15 is 0 Å². The van der Waals surface area contributed by atoms with Crippen LogP contribution in [0, 0.1) is 0 Å². The number of nitrogens with one attached hydrogen (secondary N) is 1. The number of aliphatic hydroxyl groups is 1. The number of anilines is 1. The zero-order chi connectivity index (χ0) is 12.7. The maximum Gasteiger partial charge on any atom is 0.306 e. The maximum atomic E-state index is 10.3. The number of aliphatic carboxylic acids is 1. The van der Waals surface area contributed by atoms with Gasteiger partial charge in [-0.15, -0.1) is 0 Å². The first-order chi connectivity index (χ1) is 8.11. The Morgan fingerprint density at radius 1 is 1.41 bits per heavy atom. The van der Waals surface area contributed by atoms with E-state index < -0.39 is 12.1 Å². The molecule has 0 aromatic heterocycles. The standard InChI is InChI=1S/C12H17NO4/c1-2-17-11-5-3-9(4-6-11)13-8-10(14)7-12(15)16/h3-6,10,13-14H,2,7-8H2,1H3,(H,15,16). The van der Waals surface area contributed by atoms with E-state index in [1.54, 1.807) is 0 Å². The summed E-state index contributed by atoms with van der Waals surface area (Å²) < 4.78 is 5.28. The lowest BCUT2D eigenvalue weighted by molar-refractivity contribution is -0.138. The van der Waals surface area contributed by atoms with Gasteiger partial charge in [0.1, 0.15) is 5.75 Å². The van der Waals surface area contributed by atoms with Crippen LogP contribution in [-0.2, 0) is 4.79 Å². The summed E-state index contributed by atoms with van der Waals surface area (Å²) in [6, 6.07) is 7.27. The van der Waals surface area contributed by atoms with Gasteiger partial charge in [-0.2, -0.15) is 0 Å². The average molecular weight is 239 g/mol. The molecule has 5 heteroatoms. The van der Waals surface area contributed by atoms with Crippen molar-refractivity contribution in [3.63, 3.8) is 0 Å². The molecule has 0 fully saturated rings. The van der Waals surface area contributed by atoms with Gasteiger partial charge in [-0.25, -0.2) is 0 Å². The number of rotatable bonds is 7. The number of hydrogen-bond donors (Lipinski definition) is 3. The lowest BCUT2D eigenvalue weighted by Gasteiger charge is -2.11. The molecule has 0 saturated heterocycles. The number of carboxylic acid groups (broad SMARTS) is 1. The third-order valence-corrected chi connectivity index (χ3v) is 2.12. The topological polar surface area (TPSA) is 78.8 Å². The van der Waals surface area contributed by atoms with Crippen molar-refractivity contribution in [1.29, 1.82) is 0 Å². The third kappa shape index (κ3) is 5.21. The van der Waals surface area contributed by atoms with Gasteiger partial charge in [0.15, 0.2) is 0 Å². The molecule has 17 heavy (non-hydrogen) atoms. The molecule has 0 radical (unpaired) electrons. The Balaban J connectivity index is 2.38. The summed E-state index contributed by atoms with van der Waals surface area (Å²) in [5.74, 6) is -0.227. The highest BCUT2D eigenvalue weighted by atomic mass is 16.5. The first-order valence-electron chi connectivity index (χ1n) is 5.48. The van der Waals surface area contributed by atoms with E-state index in [9.17, 15) is 9.90 Å². The second kappa shape index (κ2) is 6.75. The average Bonchev–Trinajstić information content (AvgIpc) is 2.28. The molecule has 1 atom stereocenters. The lowest BCUT2D eigenvalue weighted by atomic mass is 10.2. The van der Waals surface area contributed by atoms with Crippen molar-refractivity contribution in [2.45, 2.75) is 19.4 Å². The molecule has 94 valence electrons. The number of ether oxygens (including phenoxy) is 1. The van der Waals surface area contributed by atoms with Crippen molar-refractivity contribution < 1.29 is 19.7 Å². The van der Waals surface area contributed by atoms with Crippen LogP contribution in [0.1, 0.15) is 13.3 Å². The summed E-state index contributed by atoms with van der Waals surface area (Å²) in [6.07, 6.45) is -1.15. The molecular weight excluding hydrogens is 222 g/mol. The van der Waals surface area contributed by atoms with Crippen molar-refractivity contribution in [2.75, 3.05) is 18.5 Å². The molecule has 0 amide bonds. The van der Waals surface area contributed by atoms with Gasteiger partial charge in [-0.3, -0.25) is 4.79 Å². The summed E-state index contributed by atoms with van der Waals surface area (Å²) in [6.45, 7) is 2.73. The maximum absolute atomic E-state index is 10.3. The predicted octanol–water partition coefficient (Wildman–Crippen LogP) is 1.33. The third-order valence-electron chi connectivity index (χ3n) is 2.12. The molecule has 0 aliphatic heterocycles. The van der Waals surface area contributed by atoms with Crippen molar-refractivity contribution in [3.8, 4) is 5.75 Å². The minimum Gasteiger partial charge on any atom is -0.494 e. The normalized spacial score (nSPS) is 11.9. The largest absolute Gasteiger partial charge is 0.494 e. The number of carboxylic acids is 1. The molecule has 0 heterocycles. The number of carbonyl (C=O) groups is 1. The quantitative estimate of drug-likeness (QED) is 0.669. The molecule has 0 spiro atoms. The molecule has 1 rings (SSSR count). The fourth-order valence-corrected chi connectivity index (χ4v) is 1.35. The Morgan fingerprint density at radius 3 is 2.59 bits per heavy atom. The Labute approximate surface area is 100 Å². The highest BCUT2D eigenvalue weighted by molar-refractivity contribution is 5.67. The summed E-state index contributed by atoms with van der Waals surface area (Å²) in [4.78, 5) is 10.3. The van der Waals surface area contributed by atoms with E-state index in [0.717, 1.165) is 11.4 Å². The summed E-state index contributed by atoms with van der Waals surface area (Å²) in [5, 5.41) is 20.8. The predicted molar refractivity (Wildman–Crippen MR) is 64.4 cm³/mol. The van der Waals surface area contributed by atoms with Crippen LogP contribution in [-0.4, -0.2) is 35.4 Å². The van der Waals surface area contributed by atoms with Gasteiger partial charge in [-0.1, -0.05) is 0 Å².